The van der Waals surface area contributed by atoms with E-state index in [9.17, 15) is 13.6 Å². The van der Waals surface area contributed by atoms with Crippen LogP contribution in [-0.4, -0.2) is 10.8 Å². The minimum absolute atomic E-state index is 0.0332. The molecule has 3 N–H and O–H groups in total. The standard InChI is InChI=1S/C23H19F2N3O2/c1-13-17-11-16(24)5-7-21(17)30-22(13)20(29)10-14-4-6-18(25)15(9-14)12-28-19-3-2-8-27-23(19)26/h2-9,11,28H,10,12H2,1H3,(H2,26,27). The van der Waals surface area contributed by atoms with Crippen molar-refractivity contribution in [2.45, 2.75) is 19.9 Å². The number of anilines is 2. The van der Waals surface area contributed by atoms with Crippen LogP contribution >= 0.6 is 0 Å². The number of aromatic nitrogens is 1. The lowest BCUT2D eigenvalue weighted by atomic mass is 10.0. The zero-order valence-corrected chi connectivity index (χ0v) is 16.2. The summed E-state index contributed by atoms with van der Waals surface area (Å²) in [6.45, 7) is 1.91. The number of nitrogen functional groups attached to an aromatic ring is 1. The Morgan fingerprint density at radius 2 is 2.00 bits per heavy atom. The van der Waals surface area contributed by atoms with Crippen molar-refractivity contribution in [3.63, 3.8) is 0 Å². The number of nitrogens with zero attached hydrogens (tertiary/aromatic N) is 1. The number of pyridine rings is 1. The van der Waals surface area contributed by atoms with E-state index in [1.54, 1.807) is 37.4 Å². The van der Waals surface area contributed by atoms with Crippen LogP contribution in [0.3, 0.4) is 0 Å². The predicted molar refractivity (Wildman–Crippen MR) is 111 cm³/mol. The Morgan fingerprint density at radius 1 is 1.17 bits per heavy atom. The van der Waals surface area contributed by atoms with Gasteiger partial charge in [-0.25, -0.2) is 13.8 Å². The number of carbonyl (C=O) groups excluding carboxylic acids is 1. The molecule has 2 aromatic heterocycles. The Hall–Kier alpha value is -3.74. The van der Waals surface area contributed by atoms with E-state index in [-0.39, 0.29) is 24.5 Å². The number of hydrogen-bond donors (Lipinski definition) is 2. The van der Waals surface area contributed by atoms with Crippen molar-refractivity contribution >= 4 is 28.3 Å². The molecule has 7 heteroatoms. The number of fused-ring (bicyclic) bond motifs is 1. The number of Topliss-reactive ketones (excluding diaryl/α,β-unsaturated/α-hetero) is 1. The molecule has 0 saturated carbocycles. The number of carbonyl (C=O) groups is 1. The Bertz CT molecular complexity index is 1250. The smallest absolute Gasteiger partial charge is 0.202 e. The Kier molecular flexibility index (Phi) is 5.18. The van der Waals surface area contributed by atoms with Crippen LogP contribution in [0.4, 0.5) is 20.3 Å². The molecule has 0 radical (unpaired) electrons. The second-order valence-electron chi connectivity index (χ2n) is 7.01. The molecule has 0 saturated heterocycles. The molecule has 0 bridgehead atoms. The molecule has 0 atom stereocenters. The van der Waals surface area contributed by atoms with Gasteiger partial charge in [0.25, 0.3) is 0 Å². The van der Waals surface area contributed by atoms with Crippen LogP contribution < -0.4 is 11.1 Å². The molecule has 152 valence electrons. The molecule has 0 aliphatic carbocycles. The third-order valence-electron chi connectivity index (χ3n) is 4.93. The van der Waals surface area contributed by atoms with Crippen molar-refractivity contribution in [2.75, 3.05) is 11.1 Å². The highest BCUT2D eigenvalue weighted by Crippen LogP contribution is 2.27. The van der Waals surface area contributed by atoms with E-state index in [4.69, 9.17) is 10.2 Å². The third kappa shape index (κ3) is 3.87. The molecule has 4 aromatic rings. The topological polar surface area (TPSA) is 81.2 Å². The molecule has 2 heterocycles. The fraction of sp³-hybridized carbons (Fsp3) is 0.130. The zero-order chi connectivity index (χ0) is 21.3. The van der Waals surface area contributed by atoms with E-state index in [1.807, 2.05) is 0 Å². The predicted octanol–water partition coefficient (Wildman–Crippen LogP) is 5.03. The quantitative estimate of drug-likeness (QED) is 0.438. The minimum Gasteiger partial charge on any atom is -0.453 e. The number of benzene rings is 2. The lowest BCUT2D eigenvalue weighted by Crippen LogP contribution is -2.08. The largest absolute Gasteiger partial charge is 0.453 e. The average Bonchev–Trinajstić information content (AvgIpc) is 3.05. The van der Waals surface area contributed by atoms with Gasteiger partial charge in [-0.15, -0.1) is 0 Å². The Labute approximate surface area is 171 Å². The number of rotatable bonds is 6. The van der Waals surface area contributed by atoms with Gasteiger partial charge >= 0.3 is 0 Å². The van der Waals surface area contributed by atoms with Gasteiger partial charge in [0.15, 0.2) is 5.76 Å². The summed E-state index contributed by atoms with van der Waals surface area (Å²) in [5.74, 6) is -0.540. The van der Waals surface area contributed by atoms with Crippen molar-refractivity contribution < 1.29 is 18.0 Å². The van der Waals surface area contributed by atoms with Crippen molar-refractivity contribution in [3.05, 3.63) is 88.8 Å². The van der Waals surface area contributed by atoms with Gasteiger partial charge in [0.05, 0.1) is 5.69 Å². The van der Waals surface area contributed by atoms with E-state index < -0.39 is 11.6 Å². The zero-order valence-electron chi connectivity index (χ0n) is 16.2. The summed E-state index contributed by atoms with van der Waals surface area (Å²) in [6.07, 6.45) is 1.60. The first kappa shape index (κ1) is 19.6. The summed E-state index contributed by atoms with van der Waals surface area (Å²) in [5.41, 5.74) is 8.47. The maximum Gasteiger partial charge on any atom is 0.202 e. The summed E-state index contributed by atoms with van der Waals surface area (Å²) in [6, 6.07) is 12.1. The molecule has 5 nitrogen and oxygen atoms in total. The van der Waals surface area contributed by atoms with E-state index in [2.05, 4.69) is 10.3 Å². The number of aryl methyl sites for hydroxylation is 1. The number of halogens is 2. The molecule has 30 heavy (non-hydrogen) atoms. The first-order valence-corrected chi connectivity index (χ1v) is 9.36. The SMILES string of the molecule is Cc1c(C(=O)Cc2ccc(F)c(CNc3cccnc3N)c2)oc2ccc(F)cc12. The molecule has 4 rings (SSSR count). The van der Waals surface area contributed by atoms with E-state index in [0.717, 1.165) is 0 Å². The highest BCUT2D eigenvalue weighted by Gasteiger charge is 2.19. The van der Waals surface area contributed by atoms with Crippen LogP contribution in [0.5, 0.6) is 0 Å². The Balaban J connectivity index is 1.54. The number of nitrogens with two attached hydrogens (primary N) is 1. The maximum atomic E-state index is 14.2. The highest BCUT2D eigenvalue weighted by atomic mass is 19.1. The third-order valence-corrected chi connectivity index (χ3v) is 4.93. The van der Waals surface area contributed by atoms with E-state index in [1.165, 1.54) is 24.3 Å². The number of nitrogens with one attached hydrogen (secondary N) is 1. The van der Waals surface area contributed by atoms with Crippen molar-refractivity contribution in [1.82, 2.24) is 4.98 Å². The minimum atomic E-state index is -0.393. The highest BCUT2D eigenvalue weighted by molar-refractivity contribution is 6.01. The van der Waals surface area contributed by atoms with Gasteiger partial charge in [-0.3, -0.25) is 4.79 Å². The van der Waals surface area contributed by atoms with Crippen LogP contribution in [0, 0.1) is 18.6 Å². The average molecular weight is 407 g/mol. The normalized spacial score (nSPS) is 11.0. The molecule has 0 fully saturated rings. The maximum absolute atomic E-state index is 14.2. The van der Waals surface area contributed by atoms with Crippen LogP contribution in [0.2, 0.25) is 0 Å². The van der Waals surface area contributed by atoms with Gasteiger partial charge in [-0.1, -0.05) is 12.1 Å². The fourth-order valence-corrected chi connectivity index (χ4v) is 3.36. The molecule has 0 amide bonds. The molecule has 0 unspecified atom stereocenters. The van der Waals surface area contributed by atoms with E-state index in [0.29, 0.717) is 39.2 Å². The molecule has 0 aliphatic heterocycles. The lowest BCUT2D eigenvalue weighted by molar-refractivity contribution is 0.0967. The molecule has 0 spiro atoms. The summed E-state index contributed by atoms with van der Waals surface area (Å²) < 4.78 is 33.4. The second kappa shape index (κ2) is 7.94. The Morgan fingerprint density at radius 3 is 2.80 bits per heavy atom. The second-order valence-corrected chi connectivity index (χ2v) is 7.01. The number of furan rings is 1. The van der Waals surface area contributed by atoms with Crippen molar-refractivity contribution in [1.29, 1.82) is 0 Å². The monoisotopic (exact) mass is 407 g/mol. The summed E-state index contributed by atoms with van der Waals surface area (Å²) >= 11 is 0. The fourth-order valence-electron chi connectivity index (χ4n) is 3.36. The van der Waals surface area contributed by atoms with Crippen molar-refractivity contribution in [2.24, 2.45) is 0 Å². The molecule has 2 aromatic carbocycles. The summed E-state index contributed by atoms with van der Waals surface area (Å²) in [4.78, 5) is 16.8. The molecular weight excluding hydrogens is 388 g/mol. The van der Waals surface area contributed by atoms with Gasteiger partial charge in [-0.05, 0) is 48.9 Å². The first-order valence-electron chi connectivity index (χ1n) is 9.36. The van der Waals surface area contributed by atoms with Crippen LogP contribution in [0.25, 0.3) is 11.0 Å². The van der Waals surface area contributed by atoms with E-state index >= 15 is 0 Å². The van der Waals surface area contributed by atoms with Crippen LogP contribution in [0.1, 0.15) is 27.2 Å². The van der Waals surface area contributed by atoms with Crippen LogP contribution in [-0.2, 0) is 13.0 Å². The lowest BCUT2D eigenvalue weighted by Gasteiger charge is -2.10. The van der Waals surface area contributed by atoms with Gasteiger partial charge < -0.3 is 15.5 Å². The van der Waals surface area contributed by atoms with Gasteiger partial charge in [0, 0.05) is 35.7 Å². The molecule has 0 aliphatic rings. The van der Waals surface area contributed by atoms with Gasteiger partial charge in [-0.2, -0.15) is 0 Å². The molecular formula is C23H19F2N3O2. The summed E-state index contributed by atoms with van der Waals surface area (Å²) in [5, 5.41) is 3.61. The summed E-state index contributed by atoms with van der Waals surface area (Å²) in [7, 11) is 0. The van der Waals surface area contributed by atoms with Crippen molar-refractivity contribution in [3.8, 4) is 0 Å². The van der Waals surface area contributed by atoms with Gasteiger partial charge in [0.2, 0.25) is 5.78 Å². The van der Waals surface area contributed by atoms with Gasteiger partial charge in [0.1, 0.15) is 23.0 Å². The number of ketones is 1. The van der Waals surface area contributed by atoms with Crippen LogP contribution in [0.15, 0.2) is 59.1 Å². The first-order chi connectivity index (χ1) is 14.4. The number of hydrogen-bond acceptors (Lipinski definition) is 5.